The van der Waals surface area contributed by atoms with Gasteiger partial charge in [-0.1, -0.05) is 18.2 Å². The second-order valence-corrected chi connectivity index (χ2v) is 6.99. The van der Waals surface area contributed by atoms with Gasteiger partial charge >= 0.3 is 0 Å². The van der Waals surface area contributed by atoms with Gasteiger partial charge in [0.25, 0.3) is 5.91 Å². The number of likely N-dealkylation sites (N-methyl/N-ethyl adjacent to an activating group) is 1. The highest BCUT2D eigenvalue weighted by Crippen LogP contribution is 2.35. The van der Waals surface area contributed by atoms with Crippen LogP contribution in [-0.4, -0.2) is 60.3 Å². The van der Waals surface area contributed by atoms with Gasteiger partial charge in [-0.15, -0.1) is 0 Å². The Balaban J connectivity index is 2.02. The third kappa shape index (κ3) is 4.91. The van der Waals surface area contributed by atoms with E-state index in [1.165, 1.54) is 0 Å². The van der Waals surface area contributed by atoms with Crippen LogP contribution in [0, 0.1) is 0 Å². The zero-order chi connectivity index (χ0) is 23.1. The summed E-state index contributed by atoms with van der Waals surface area (Å²) in [6.45, 7) is 4.89. The number of hydrogen-bond donors (Lipinski definition) is 1. The van der Waals surface area contributed by atoms with Gasteiger partial charge in [0, 0.05) is 24.8 Å². The Hall–Kier alpha value is -3.81. The molecule has 8 nitrogen and oxygen atoms in total. The van der Waals surface area contributed by atoms with Crippen LogP contribution in [0.3, 0.4) is 0 Å². The molecule has 1 N–H and O–H groups in total. The minimum absolute atomic E-state index is 0.0916. The van der Waals surface area contributed by atoms with Crippen molar-refractivity contribution in [3.8, 4) is 28.4 Å². The molecule has 1 aromatic heterocycles. The zero-order valence-electron chi connectivity index (χ0n) is 18.8. The van der Waals surface area contributed by atoms with Gasteiger partial charge in [0.15, 0.2) is 0 Å². The minimum Gasteiger partial charge on any atom is -0.497 e. The van der Waals surface area contributed by atoms with Gasteiger partial charge in [-0.05, 0) is 44.2 Å². The highest BCUT2D eigenvalue weighted by atomic mass is 16.5. The maximum atomic E-state index is 13.1. The standard InChI is InChI=1S/C24H28N4O4/c1-5-27(6-2)22(29)15-25-24(30)20-16-28(17-10-8-7-9-11-17)26-23(20)19-14-18(31-3)12-13-21(19)32-4/h7-14,16H,5-6,15H2,1-4H3,(H,25,30). The Labute approximate surface area is 187 Å². The lowest BCUT2D eigenvalue weighted by atomic mass is 10.1. The molecular weight excluding hydrogens is 408 g/mol. The largest absolute Gasteiger partial charge is 0.497 e. The number of hydrogen-bond acceptors (Lipinski definition) is 5. The van der Waals surface area contributed by atoms with Gasteiger partial charge in [0.2, 0.25) is 5.91 Å². The van der Waals surface area contributed by atoms with Crippen molar-refractivity contribution in [2.24, 2.45) is 0 Å². The third-order valence-electron chi connectivity index (χ3n) is 5.16. The number of methoxy groups -OCH3 is 2. The SMILES string of the molecule is CCN(CC)C(=O)CNC(=O)c1cn(-c2ccccc2)nc1-c1cc(OC)ccc1OC. The molecule has 0 aliphatic heterocycles. The van der Waals surface area contributed by atoms with Crippen LogP contribution >= 0.6 is 0 Å². The Kier molecular flexibility index (Phi) is 7.49. The lowest BCUT2D eigenvalue weighted by molar-refractivity contribution is -0.129. The van der Waals surface area contributed by atoms with Crippen molar-refractivity contribution in [2.45, 2.75) is 13.8 Å². The normalized spacial score (nSPS) is 10.5. The van der Waals surface area contributed by atoms with Crippen LogP contribution < -0.4 is 14.8 Å². The van der Waals surface area contributed by atoms with Crippen LogP contribution in [0.2, 0.25) is 0 Å². The predicted molar refractivity (Wildman–Crippen MR) is 122 cm³/mol. The maximum Gasteiger partial charge on any atom is 0.255 e. The monoisotopic (exact) mass is 436 g/mol. The van der Waals surface area contributed by atoms with Gasteiger partial charge in [0.05, 0.1) is 32.0 Å². The van der Waals surface area contributed by atoms with Crippen LogP contribution in [0.25, 0.3) is 16.9 Å². The van der Waals surface area contributed by atoms with Gasteiger partial charge in [-0.3, -0.25) is 9.59 Å². The second-order valence-electron chi connectivity index (χ2n) is 6.99. The average Bonchev–Trinajstić information content (AvgIpc) is 3.29. The topological polar surface area (TPSA) is 85.7 Å². The van der Waals surface area contributed by atoms with Crippen LogP contribution in [0.1, 0.15) is 24.2 Å². The van der Waals surface area contributed by atoms with Crippen LogP contribution in [0.5, 0.6) is 11.5 Å². The summed E-state index contributed by atoms with van der Waals surface area (Å²) in [5.74, 6) is 0.627. The number of benzene rings is 2. The van der Waals surface area contributed by atoms with E-state index in [0.717, 1.165) is 5.69 Å². The molecule has 32 heavy (non-hydrogen) atoms. The van der Waals surface area contributed by atoms with Crippen molar-refractivity contribution in [2.75, 3.05) is 33.9 Å². The number of nitrogens with zero attached hydrogens (tertiary/aromatic N) is 3. The molecule has 0 saturated heterocycles. The highest BCUT2D eigenvalue weighted by Gasteiger charge is 2.23. The number of nitrogens with one attached hydrogen (secondary N) is 1. The van der Waals surface area contributed by atoms with E-state index in [2.05, 4.69) is 10.4 Å². The molecular formula is C24H28N4O4. The number of carbonyl (C=O) groups excluding carboxylic acids is 2. The molecule has 0 bridgehead atoms. The van der Waals surface area contributed by atoms with E-state index in [9.17, 15) is 9.59 Å². The van der Waals surface area contributed by atoms with Crippen LogP contribution in [0.15, 0.2) is 54.7 Å². The van der Waals surface area contributed by atoms with Crippen molar-refractivity contribution in [3.05, 3.63) is 60.3 Å². The van der Waals surface area contributed by atoms with Gasteiger partial charge in [-0.2, -0.15) is 5.10 Å². The number of para-hydroxylation sites is 1. The summed E-state index contributed by atoms with van der Waals surface area (Å²) in [5.41, 5.74) is 2.17. The molecule has 0 radical (unpaired) electrons. The summed E-state index contributed by atoms with van der Waals surface area (Å²) in [6, 6.07) is 14.8. The van der Waals surface area contributed by atoms with E-state index >= 15 is 0 Å². The lowest BCUT2D eigenvalue weighted by Crippen LogP contribution is -2.40. The summed E-state index contributed by atoms with van der Waals surface area (Å²) in [7, 11) is 3.13. The molecule has 0 unspecified atom stereocenters. The summed E-state index contributed by atoms with van der Waals surface area (Å²) >= 11 is 0. The van der Waals surface area contributed by atoms with Gasteiger partial charge in [0.1, 0.15) is 17.2 Å². The molecule has 3 rings (SSSR count). The van der Waals surface area contributed by atoms with E-state index in [-0.39, 0.29) is 12.5 Å². The van der Waals surface area contributed by atoms with E-state index in [1.54, 1.807) is 48.2 Å². The first-order valence-electron chi connectivity index (χ1n) is 10.5. The van der Waals surface area contributed by atoms with Gasteiger partial charge < -0.3 is 19.7 Å². The Bertz CT molecular complexity index is 1070. The first-order valence-corrected chi connectivity index (χ1v) is 10.5. The molecule has 8 heteroatoms. The van der Waals surface area contributed by atoms with Crippen molar-refractivity contribution in [3.63, 3.8) is 0 Å². The van der Waals surface area contributed by atoms with E-state index in [4.69, 9.17) is 9.47 Å². The Morgan fingerprint density at radius 3 is 2.38 bits per heavy atom. The first-order chi connectivity index (χ1) is 15.5. The summed E-state index contributed by atoms with van der Waals surface area (Å²) in [6.07, 6.45) is 1.65. The Morgan fingerprint density at radius 1 is 1.03 bits per heavy atom. The van der Waals surface area contributed by atoms with Gasteiger partial charge in [-0.25, -0.2) is 4.68 Å². The first kappa shape index (κ1) is 22.9. The third-order valence-corrected chi connectivity index (χ3v) is 5.16. The summed E-state index contributed by atoms with van der Waals surface area (Å²) < 4.78 is 12.5. The quantitative estimate of drug-likeness (QED) is 0.557. The molecule has 168 valence electrons. The molecule has 0 atom stereocenters. The molecule has 0 aliphatic carbocycles. The summed E-state index contributed by atoms with van der Waals surface area (Å²) in [5, 5.41) is 7.41. The van der Waals surface area contributed by atoms with Crippen LogP contribution in [-0.2, 0) is 4.79 Å². The zero-order valence-corrected chi connectivity index (χ0v) is 18.8. The fourth-order valence-electron chi connectivity index (χ4n) is 3.39. The van der Waals surface area contributed by atoms with E-state index in [1.807, 2.05) is 44.2 Å². The van der Waals surface area contributed by atoms with E-state index < -0.39 is 5.91 Å². The van der Waals surface area contributed by atoms with E-state index in [0.29, 0.717) is 41.4 Å². The number of ether oxygens (including phenoxy) is 2. The summed E-state index contributed by atoms with van der Waals surface area (Å²) in [4.78, 5) is 27.2. The molecule has 0 aliphatic rings. The molecule has 2 aromatic carbocycles. The van der Waals surface area contributed by atoms with Crippen molar-refractivity contribution in [1.82, 2.24) is 20.0 Å². The average molecular weight is 437 g/mol. The van der Waals surface area contributed by atoms with Crippen molar-refractivity contribution in [1.29, 1.82) is 0 Å². The predicted octanol–water partition coefficient (Wildman–Crippen LogP) is 3.15. The van der Waals surface area contributed by atoms with Crippen LogP contribution in [0.4, 0.5) is 0 Å². The molecule has 2 amide bonds. The lowest BCUT2D eigenvalue weighted by Gasteiger charge is -2.18. The highest BCUT2D eigenvalue weighted by molar-refractivity contribution is 6.02. The molecule has 0 fully saturated rings. The fraction of sp³-hybridized carbons (Fsp3) is 0.292. The minimum atomic E-state index is -0.396. The maximum absolute atomic E-state index is 13.1. The number of rotatable bonds is 9. The molecule has 3 aromatic rings. The number of carbonyl (C=O) groups is 2. The fourth-order valence-corrected chi connectivity index (χ4v) is 3.39. The molecule has 0 spiro atoms. The molecule has 0 saturated carbocycles. The smallest absolute Gasteiger partial charge is 0.255 e. The second kappa shape index (κ2) is 10.5. The van der Waals surface area contributed by atoms with Crippen molar-refractivity contribution < 1.29 is 19.1 Å². The Morgan fingerprint density at radius 2 is 1.75 bits per heavy atom. The van der Waals surface area contributed by atoms with Crippen molar-refractivity contribution >= 4 is 11.8 Å². The molecule has 1 heterocycles. The number of aromatic nitrogens is 2. The number of amides is 2.